The van der Waals surface area contributed by atoms with Crippen LogP contribution in [0, 0.1) is 49.3 Å². The number of benzene rings is 2. The molecule has 1 aliphatic carbocycles. The molecular formula is C20H16FeP2. The Balaban J connectivity index is 0.000000276. The predicted octanol–water partition coefficient (Wildman–Crippen LogP) is 6.19. The summed E-state index contributed by atoms with van der Waals surface area (Å²) in [5.74, 6) is 2.31. The monoisotopic (exact) mass is 374 g/mol. The second-order valence-corrected chi connectivity index (χ2v) is 7.10. The fourth-order valence-corrected chi connectivity index (χ4v) is 4.80. The van der Waals surface area contributed by atoms with Crippen LogP contribution < -0.4 is 0 Å². The van der Waals surface area contributed by atoms with Gasteiger partial charge in [0.15, 0.2) is 0 Å². The number of rotatable bonds is 2. The first kappa shape index (κ1) is 19.1. The number of hydrogen-bond acceptors (Lipinski definition) is 0. The molecule has 0 spiro atoms. The maximum Gasteiger partial charge on any atom is 0.0503 e. The van der Waals surface area contributed by atoms with Crippen molar-refractivity contribution >= 4 is 17.2 Å². The molecule has 23 heavy (non-hydrogen) atoms. The Kier molecular flexibility index (Phi) is 8.85. The van der Waals surface area contributed by atoms with E-state index in [1.165, 1.54) is 39.6 Å². The summed E-state index contributed by atoms with van der Waals surface area (Å²) in [6, 6.07) is 21.3. The molecule has 1 aliphatic heterocycles. The van der Waals surface area contributed by atoms with Crippen LogP contribution in [0.3, 0.4) is 0 Å². The van der Waals surface area contributed by atoms with Gasteiger partial charge in [-0.2, -0.15) is 0 Å². The zero-order valence-electron chi connectivity index (χ0n) is 12.5. The first-order chi connectivity index (χ1) is 10.9. The van der Waals surface area contributed by atoms with Gasteiger partial charge in [-0.1, -0.05) is 77.8 Å². The topological polar surface area (TPSA) is 0 Å². The fourth-order valence-electron chi connectivity index (χ4n) is 2.20. The predicted molar refractivity (Wildman–Crippen MR) is 97.2 cm³/mol. The molecular weight excluding hydrogens is 358 g/mol. The summed E-state index contributed by atoms with van der Waals surface area (Å²) in [7, 11) is 2.67. The first-order valence-electron chi connectivity index (χ1n) is 7.20. The van der Waals surface area contributed by atoms with E-state index in [1.54, 1.807) is 0 Å². The normalized spacial score (nSPS) is 20.2. The molecule has 1 saturated heterocycles. The van der Waals surface area contributed by atoms with E-state index in [2.05, 4.69) is 66.6 Å². The summed E-state index contributed by atoms with van der Waals surface area (Å²) in [5, 5.41) is 0. The van der Waals surface area contributed by atoms with Crippen LogP contribution in [0.15, 0.2) is 60.7 Å². The van der Waals surface area contributed by atoms with Gasteiger partial charge < -0.3 is 0 Å². The van der Waals surface area contributed by atoms with E-state index in [9.17, 15) is 0 Å². The second-order valence-electron chi connectivity index (χ2n) is 4.77. The molecule has 0 atom stereocenters. The largest absolute Gasteiger partial charge is 0.0622 e. The minimum Gasteiger partial charge on any atom is -0.0622 e. The molecule has 0 bridgehead atoms. The van der Waals surface area contributed by atoms with Crippen molar-refractivity contribution in [3.8, 4) is 0 Å². The molecule has 4 rings (SSSR count). The van der Waals surface area contributed by atoms with E-state index in [0.717, 1.165) is 0 Å². The average molecular weight is 374 g/mol. The third kappa shape index (κ3) is 5.69. The fraction of sp³-hybridized carbons (Fsp3) is 0. The maximum atomic E-state index is 2.31. The third-order valence-corrected chi connectivity index (χ3v) is 5.83. The Morgan fingerprint density at radius 3 is 1.17 bits per heavy atom. The first-order valence-corrected chi connectivity index (χ1v) is 9.13. The Labute approximate surface area is 155 Å². The quantitative estimate of drug-likeness (QED) is 0.434. The van der Waals surface area contributed by atoms with E-state index in [4.69, 9.17) is 0 Å². The van der Waals surface area contributed by atoms with Gasteiger partial charge >= 0.3 is 0 Å². The zero-order chi connectivity index (χ0) is 15.0. The molecule has 2 aromatic carbocycles. The summed E-state index contributed by atoms with van der Waals surface area (Å²) in [6.45, 7) is 0. The molecule has 1 heterocycles. The van der Waals surface area contributed by atoms with Crippen molar-refractivity contribution in [1.82, 2.24) is 0 Å². The van der Waals surface area contributed by atoms with E-state index < -0.39 is 0 Å². The zero-order valence-corrected chi connectivity index (χ0v) is 15.4. The van der Waals surface area contributed by atoms with Crippen molar-refractivity contribution in [2.45, 2.75) is 0 Å². The van der Waals surface area contributed by atoms with Crippen LogP contribution in [0.4, 0.5) is 0 Å². The van der Waals surface area contributed by atoms with Gasteiger partial charge in [0.1, 0.15) is 0 Å². The summed E-state index contributed by atoms with van der Waals surface area (Å²) < 4.78 is 0. The SMILES string of the molecule is [CH]1[CH][CH][CH][CH]1.[CH]1[P][C](c2ccccc2)[C](c2ccccc2)[P]1.[Fe]. The molecule has 1 saturated carbocycles. The van der Waals surface area contributed by atoms with Crippen molar-refractivity contribution in [1.29, 1.82) is 0 Å². The van der Waals surface area contributed by atoms with Crippen LogP contribution in [0.1, 0.15) is 11.1 Å². The van der Waals surface area contributed by atoms with Crippen LogP contribution >= 0.6 is 17.2 Å². The maximum absolute atomic E-state index is 2.31. The summed E-state index contributed by atoms with van der Waals surface area (Å²) in [6.07, 6.45) is 10.0. The number of hydrogen-bond donors (Lipinski definition) is 0. The average Bonchev–Trinajstić information content (AvgIpc) is 3.31. The van der Waals surface area contributed by atoms with Crippen molar-refractivity contribution in [2.24, 2.45) is 0 Å². The molecule has 2 aromatic rings. The summed E-state index contributed by atoms with van der Waals surface area (Å²) in [4.78, 5) is 0. The van der Waals surface area contributed by atoms with Gasteiger partial charge in [0.25, 0.3) is 0 Å². The van der Waals surface area contributed by atoms with Gasteiger partial charge in [0.2, 0.25) is 0 Å². The van der Waals surface area contributed by atoms with Crippen molar-refractivity contribution in [3.05, 3.63) is 121 Å². The van der Waals surface area contributed by atoms with Gasteiger partial charge in [-0.3, -0.25) is 0 Å². The molecule has 0 N–H and O–H groups in total. The van der Waals surface area contributed by atoms with Gasteiger partial charge in [-0.25, -0.2) is 0 Å². The third-order valence-electron chi connectivity index (χ3n) is 3.25. The van der Waals surface area contributed by atoms with Crippen molar-refractivity contribution in [2.75, 3.05) is 0 Å². The van der Waals surface area contributed by atoms with Crippen LogP contribution in [0.25, 0.3) is 0 Å². The minimum atomic E-state index is 0. The Bertz CT molecular complexity index is 487. The molecule has 0 amide bonds. The Morgan fingerprint density at radius 2 is 0.826 bits per heavy atom. The van der Waals surface area contributed by atoms with E-state index in [0.29, 0.717) is 0 Å². The van der Waals surface area contributed by atoms with E-state index >= 15 is 0 Å². The molecule has 0 nitrogen and oxygen atoms in total. The Morgan fingerprint density at radius 1 is 0.478 bits per heavy atom. The van der Waals surface area contributed by atoms with Crippen molar-refractivity contribution < 1.29 is 17.1 Å². The molecule has 2 aliphatic rings. The van der Waals surface area contributed by atoms with Gasteiger partial charge in [0.05, 0.1) is 11.3 Å². The second kappa shape index (κ2) is 10.6. The van der Waals surface area contributed by atoms with Crippen molar-refractivity contribution in [3.63, 3.8) is 0 Å². The molecule has 114 valence electrons. The van der Waals surface area contributed by atoms with Crippen LogP contribution in [0.2, 0.25) is 0 Å². The van der Waals surface area contributed by atoms with E-state index in [-0.39, 0.29) is 17.1 Å². The van der Waals surface area contributed by atoms with Crippen LogP contribution in [-0.2, 0) is 17.1 Å². The van der Waals surface area contributed by atoms with Gasteiger partial charge in [-0.15, -0.1) is 0 Å². The van der Waals surface area contributed by atoms with E-state index in [1.807, 2.05) is 32.1 Å². The molecule has 0 unspecified atom stereocenters. The molecule has 0 aromatic heterocycles. The summed E-state index contributed by atoms with van der Waals surface area (Å²) >= 11 is 0. The van der Waals surface area contributed by atoms with Crippen LogP contribution in [-0.4, -0.2) is 0 Å². The minimum absolute atomic E-state index is 0. The summed E-state index contributed by atoms with van der Waals surface area (Å²) in [5.41, 5.74) is 5.57. The van der Waals surface area contributed by atoms with Gasteiger partial charge in [0, 0.05) is 23.0 Å². The molecule has 10 radical (unpaired) electrons. The smallest absolute Gasteiger partial charge is 0.0503 e. The Hall–Kier alpha value is -0.181. The van der Waals surface area contributed by atoms with Gasteiger partial charge in [-0.05, 0) is 43.2 Å². The van der Waals surface area contributed by atoms with Crippen LogP contribution in [0.5, 0.6) is 0 Å². The molecule has 2 fully saturated rings. The molecule has 3 heteroatoms. The standard InChI is InChI=1S/C15H11P2.C5H5.Fe/c1-3-7-12(8-4-1)14-15(17-11-16-14)13-9-5-2-6-10-13;1-2-4-5-3-1;/h1-11H;1-5H;.